The number of hydrogen-bond acceptors (Lipinski definition) is 3. The lowest BCUT2D eigenvalue weighted by Gasteiger charge is -2.35. The van der Waals surface area contributed by atoms with E-state index >= 15 is 0 Å². The first-order valence-corrected chi connectivity index (χ1v) is 11.3. The van der Waals surface area contributed by atoms with Gasteiger partial charge in [-0.1, -0.05) is 24.3 Å². The van der Waals surface area contributed by atoms with Crippen molar-refractivity contribution in [1.29, 1.82) is 0 Å². The molecule has 4 rings (SSSR count). The molecule has 0 saturated carbocycles. The Bertz CT molecular complexity index is 958. The van der Waals surface area contributed by atoms with Gasteiger partial charge in [-0.05, 0) is 54.7 Å². The molecule has 1 unspecified atom stereocenters. The van der Waals surface area contributed by atoms with Crippen molar-refractivity contribution in [3.63, 3.8) is 0 Å². The van der Waals surface area contributed by atoms with E-state index in [0.29, 0.717) is 6.54 Å². The van der Waals surface area contributed by atoms with Crippen molar-refractivity contribution in [2.45, 2.75) is 38.1 Å². The molecule has 26 heavy (non-hydrogen) atoms. The molecule has 0 radical (unpaired) electrons. The van der Waals surface area contributed by atoms with Gasteiger partial charge in [0.1, 0.15) is 9.84 Å². The van der Waals surface area contributed by atoms with Crippen molar-refractivity contribution in [2.24, 2.45) is 0 Å². The number of amides is 2. The zero-order valence-electron chi connectivity index (χ0n) is 15.0. The number of urea groups is 1. The Morgan fingerprint density at radius 3 is 2.69 bits per heavy atom. The average molecular weight is 372 g/mol. The summed E-state index contributed by atoms with van der Waals surface area (Å²) in [6.07, 6.45) is 5.95. The van der Waals surface area contributed by atoms with Gasteiger partial charge in [0.25, 0.3) is 0 Å². The number of carbonyl (C=O) groups excluding carboxylic acids is 1. The molecule has 1 aliphatic carbocycles. The van der Waals surface area contributed by atoms with E-state index in [2.05, 4.69) is 17.4 Å². The molecule has 2 aliphatic rings. The first kappa shape index (κ1) is 17.3. The highest BCUT2D eigenvalue weighted by atomic mass is 32.2. The Labute approximate surface area is 154 Å². The second kappa shape index (κ2) is 6.58. The van der Waals surface area contributed by atoms with Gasteiger partial charge in [0, 0.05) is 24.2 Å². The number of likely N-dealkylation sites (tertiary alicyclic amines) is 1. The van der Waals surface area contributed by atoms with E-state index in [4.69, 9.17) is 0 Å². The molecule has 1 fully saturated rings. The second-order valence-electron chi connectivity index (χ2n) is 7.48. The van der Waals surface area contributed by atoms with Crippen LogP contribution in [0.3, 0.4) is 0 Å². The zero-order valence-corrected chi connectivity index (χ0v) is 15.8. The Morgan fingerprint density at radius 2 is 1.92 bits per heavy atom. The van der Waals surface area contributed by atoms with Crippen LogP contribution in [-0.2, 0) is 22.7 Å². The number of carbonyl (C=O) groups is 1. The molecular weight excluding hydrogens is 348 g/mol. The lowest BCUT2D eigenvalue weighted by molar-refractivity contribution is 0.171. The quantitative estimate of drug-likeness (QED) is 0.898. The SMILES string of the molecule is CS(=O)(=O)CC1CCCCN1C(=O)Nc1ccc2c3c(cccc13)CC2. The molecule has 1 saturated heterocycles. The van der Waals surface area contributed by atoms with Crippen molar-refractivity contribution >= 4 is 32.3 Å². The lowest BCUT2D eigenvalue weighted by Crippen LogP contribution is -2.48. The smallest absolute Gasteiger partial charge is 0.321 e. The van der Waals surface area contributed by atoms with E-state index in [0.717, 1.165) is 43.2 Å². The summed E-state index contributed by atoms with van der Waals surface area (Å²) in [4.78, 5) is 14.6. The first-order valence-electron chi connectivity index (χ1n) is 9.21. The number of sulfone groups is 1. The van der Waals surface area contributed by atoms with Gasteiger partial charge >= 0.3 is 6.03 Å². The summed E-state index contributed by atoms with van der Waals surface area (Å²) >= 11 is 0. The van der Waals surface area contributed by atoms with E-state index < -0.39 is 9.84 Å². The van der Waals surface area contributed by atoms with E-state index in [1.54, 1.807) is 4.90 Å². The molecule has 0 bridgehead atoms. The van der Waals surface area contributed by atoms with Crippen molar-refractivity contribution in [1.82, 2.24) is 4.90 Å². The summed E-state index contributed by atoms with van der Waals surface area (Å²) in [5.74, 6) is 0.0320. The molecule has 1 atom stereocenters. The fourth-order valence-electron chi connectivity index (χ4n) is 4.33. The van der Waals surface area contributed by atoms with Crippen LogP contribution in [0, 0.1) is 0 Å². The summed E-state index contributed by atoms with van der Waals surface area (Å²) < 4.78 is 23.4. The molecule has 5 nitrogen and oxygen atoms in total. The highest BCUT2D eigenvalue weighted by molar-refractivity contribution is 7.90. The van der Waals surface area contributed by atoms with Crippen molar-refractivity contribution < 1.29 is 13.2 Å². The van der Waals surface area contributed by atoms with Gasteiger partial charge in [-0.2, -0.15) is 0 Å². The third-order valence-corrected chi connectivity index (χ3v) is 6.49. The number of aryl methyl sites for hydroxylation is 2. The van der Waals surface area contributed by atoms with Crippen LogP contribution in [0.2, 0.25) is 0 Å². The van der Waals surface area contributed by atoms with E-state index in [9.17, 15) is 13.2 Å². The molecule has 1 N–H and O–H groups in total. The minimum atomic E-state index is -3.12. The molecule has 138 valence electrons. The molecule has 0 spiro atoms. The molecule has 2 aromatic rings. The third-order valence-electron chi connectivity index (χ3n) is 5.50. The molecule has 1 heterocycles. The lowest BCUT2D eigenvalue weighted by atomic mass is 10.0. The molecule has 1 aliphatic heterocycles. The van der Waals surface area contributed by atoms with Gasteiger partial charge in [0.2, 0.25) is 0 Å². The van der Waals surface area contributed by atoms with Crippen LogP contribution in [0.5, 0.6) is 0 Å². The van der Waals surface area contributed by atoms with Gasteiger partial charge < -0.3 is 10.2 Å². The molecule has 0 aromatic heterocycles. The molecular formula is C20H24N2O3S. The highest BCUT2D eigenvalue weighted by Crippen LogP contribution is 2.35. The Balaban J connectivity index is 1.61. The third kappa shape index (κ3) is 3.30. The fourth-order valence-corrected chi connectivity index (χ4v) is 5.38. The maximum atomic E-state index is 12.9. The maximum Gasteiger partial charge on any atom is 0.322 e. The van der Waals surface area contributed by atoms with Gasteiger partial charge in [-0.25, -0.2) is 13.2 Å². The minimum Gasteiger partial charge on any atom is -0.321 e. The Hall–Kier alpha value is -2.08. The zero-order chi connectivity index (χ0) is 18.3. The molecule has 2 amide bonds. The summed E-state index contributed by atoms with van der Waals surface area (Å²) in [6.45, 7) is 0.604. The second-order valence-corrected chi connectivity index (χ2v) is 9.66. The van der Waals surface area contributed by atoms with Crippen LogP contribution in [0.25, 0.3) is 10.8 Å². The average Bonchev–Trinajstić information content (AvgIpc) is 3.01. The predicted octanol–water partition coefficient (Wildman–Crippen LogP) is 3.37. The number of piperidine rings is 1. The van der Waals surface area contributed by atoms with Crippen LogP contribution < -0.4 is 5.32 Å². The van der Waals surface area contributed by atoms with E-state index in [1.165, 1.54) is 22.8 Å². The summed E-state index contributed by atoms with van der Waals surface area (Å²) in [5.41, 5.74) is 3.48. The van der Waals surface area contributed by atoms with Crippen molar-refractivity contribution in [2.75, 3.05) is 23.9 Å². The number of nitrogens with one attached hydrogen (secondary N) is 1. The van der Waals surface area contributed by atoms with Gasteiger partial charge in [0.05, 0.1) is 11.4 Å². The Morgan fingerprint density at radius 1 is 1.15 bits per heavy atom. The fraction of sp³-hybridized carbons (Fsp3) is 0.450. The number of benzene rings is 2. The Kier molecular flexibility index (Phi) is 4.39. The topological polar surface area (TPSA) is 66.5 Å². The normalized spacial score (nSPS) is 19.7. The predicted molar refractivity (Wildman–Crippen MR) is 104 cm³/mol. The van der Waals surface area contributed by atoms with Crippen LogP contribution >= 0.6 is 0 Å². The molecule has 6 heteroatoms. The summed E-state index contributed by atoms with van der Waals surface area (Å²) in [5, 5.41) is 5.38. The largest absolute Gasteiger partial charge is 0.322 e. The minimum absolute atomic E-state index is 0.0320. The van der Waals surface area contributed by atoms with Crippen molar-refractivity contribution in [3.05, 3.63) is 41.5 Å². The van der Waals surface area contributed by atoms with Crippen LogP contribution in [0.4, 0.5) is 10.5 Å². The number of anilines is 1. The van der Waals surface area contributed by atoms with Gasteiger partial charge in [0.15, 0.2) is 0 Å². The highest BCUT2D eigenvalue weighted by Gasteiger charge is 2.29. The van der Waals surface area contributed by atoms with E-state index in [-0.39, 0.29) is 17.8 Å². The number of rotatable bonds is 3. The number of nitrogens with zero attached hydrogens (tertiary/aromatic N) is 1. The first-order chi connectivity index (χ1) is 12.4. The summed E-state index contributed by atoms with van der Waals surface area (Å²) in [6, 6.07) is 9.87. The van der Waals surface area contributed by atoms with Crippen LogP contribution in [-0.4, -0.2) is 43.9 Å². The van der Waals surface area contributed by atoms with Crippen LogP contribution in [0.1, 0.15) is 30.4 Å². The van der Waals surface area contributed by atoms with Gasteiger partial charge in [-0.15, -0.1) is 0 Å². The monoisotopic (exact) mass is 372 g/mol. The molecule has 2 aromatic carbocycles. The standard InChI is InChI=1S/C20H24N2O3S/c1-26(24,25)13-16-6-2-3-12-22(16)20(23)21-18-11-10-15-9-8-14-5-4-7-17(18)19(14)15/h4-5,7,10-11,16H,2-3,6,8-9,12-13H2,1H3,(H,21,23). The van der Waals surface area contributed by atoms with Crippen molar-refractivity contribution in [3.8, 4) is 0 Å². The summed E-state index contributed by atoms with van der Waals surface area (Å²) in [7, 11) is -3.12. The van der Waals surface area contributed by atoms with Gasteiger partial charge in [-0.3, -0.25) is 0 Å². The maximum absolute atomic E-state index is 12.9. The van der Waals surface area contributed by atoms with E-state index in [1.807, 2.05) is 18.2 Å². The van der Waals surface area contributed by atoms with Crippen LogP contribution in [0.15, 0.2) is 30.3 Å². The number of hydrogen-bond donors (Lipinski definition) is 1.